The van der Waals surface area contributed by atoms with Crippen LogP contribution in [0.1, 0.15) is 42.3 Å². The molecule has 0 radical (unpaired) electrons. The van der Waals surface area contributed by atoms with Crippen LogP contribution in [0.5, 0.6) is 5.75 Å². The smallest absolute Gasteiger partial charge is 0.460 e. The lowest BCUT2D eigenvalue weighted by molar-refractivity contribution is -0.462. The summed E-state index contributed by atoms with van der Waals surface area (Å²) in [5, 5.41) is 9.87. The molecule has 0 saturated carbocycles. The van der Waals surface area contributed by atoms with Gasteiger partial charge < -0.3 is 5.11 Å². The molecule has 0 spiro atoms. The summed E-state index contributed by atoms with van der Waals surface area (Å²) >= 11 is 0. The molecule has 0 atom stereocenters. The maximum atomic E-state index is 14.6. The van der Waals surface area contributed by atoms with Crippen LogP contribution in [0.3, 0.4) is 0 Å². The molecule has 0 unspecified atom stereocenters. The summed E-state index contributed by atoms with van der Waals surface area (Å²) in [5.74, 6) is -58.7. The number of hydrogen-bond donors (Lipinski definition) is 1. The second-order valence-corrected chi connectivity index (χ2v) is 8.85. The Morgan fingerprint density at radius 1 is 0.579 bits per heavy atom. The predicted molar refractivity (Wildman–Crippen MR) is 91.8 cm³/mol. The lowest BCUT2D eigenvalue weighted by Gasteiger charge is -2.43. The van der Waals surface area contributed by atoms with Crippen LogP contribution in [0.2, 0.25) is 0 Å². The molecule has 0 aliphatic rings. The Labute approximate surface area is 200 Å². The van der Waals surface area contributed by atoms with E-state index >= 15 is 0 Å². The molecular weight excluding hydrogens is 583 g/mol. The first-order valence-electron chi connectivity index (χ1n) is 9.37. The van der Waals surface area contributed by atoms with Gasteiger partial charge >= 0.3 is 47.6 Å². The Balaban J connectivity index is 3.93. The zero-order chi connectivity index (χ0) is 30.9. The van der Waals surface area contributed by atoms with E-state index in [1.54, 1.807) is 0 Å². The van der Waals surface area contributed by atoms with Gasteiger partial charge in [-0.1, -0.05) is 20.8 Å². The number of phenolic OH excluding ortho intramolecular Hbond substituents is 1. The number of benzene rings is 1. The summed E-state index contributed by atoms with van der Waals surface area (Å²) in [4.78, 5) is 11.0. The van der Waals surface area contributed by atoms with Gasteiger partial charge in [0.15, 0.2) is 6.29 Å². The standard InChI is InChI=1S/C19H13F17O2/c1-11(2,3)9-5-8(4-7(6-37)10(9)38)12(20,21)13(22,23)14(24,25)15(26,27)16(28,29)17(30,31)18(32,33)19(34,35)36/h4-6,38H,1-3H3. The number of aldehydes is 1. The molecule has 0 amide bonds. The molecule has 0 fully saturated rings. The fourth-order valence-corrected chi connectivity index (χ4v) is 2.84. The number of phenols is 1. The van der Waals surface area contributed by atoms with Crippen LogP contribution in [-0.2, 0) is 11.3 Å². The lowest BCUT2D eigenvalue weighted by atomic mass is 9.81. The number of carbonyl (C=O) groups excluding carboxylic acids is 1. The summed E-state index contributed by atoms with van der Waals surface area (Å²) < 4.78 is 229. The molecule has 220 valence electrons. The summed E-state index contributed by atoms with van der Waals surface area (Å²) in [6.07, 6.45) is -8.36. The number of halogens is 17. The van der Waals surface area contributed by atoms with E-state index < -0.39 is 87.8 Å². The Kier molecular flexibility index (Phi) is 7.72. The molecule has 38 heavy (non-hydrogen) atoms. The minimum Gasteiger partial charge on any atom is -0.507 e. The Morgan fingerprint density at radius 3 is 1.24 bits per heavy atom. The molecule has 0 aliphatic carbocycles. The largest absolute Gasteiger partial charge is 0.507 e. The number of rotatable bonds is 8. The van der Waals surface area contributed by atoms with Crippen molar-refractivity contribution >= 4 is 6.29 Å². The number of aromatic hydroxyl groups is 1. The van der Waals surface area contributed by atoms with Crippen LogP contribution in [-0.4, -0.2) is 53.1 Å². The first-order valence-corrected chi connectivity index (χ1v) is 9.37. The molecule has 2 nitrogen and oxygen atoms in total. The molecule has 1 aromatic carbocycles. The lowest BCUT2D eigenvalue weighted by Crippen LogP contribution is -2.74. The third-order valence-corrected chi connectivity index (χ3v) is 5.16. The van der Waals surface area contributed by atoms with Gasteiger partial charge in [-0.2, -0.15) is 74.6 Å². The number of carbonyl (C=O) groups is 1. The average Bonchev–Trinajstić information content (AvgIpc) is 2.71. The van der Waals surface area contributed by atoms with E-state index in [0.717, 1.165) is 20.8 Å². The second kappa shape index (κ2) is 8.76. The van der Waals surface area contributed by atoms with E-state index in [1.165, 1.54) is 0 Å². The van der Waals surface area contributed by atoms with Gasteiger partial charge in [0.1, 0.15) is 5.75 Å². The van der Waals surface area contributed by atoms with Crippen LogP contribution in [0, 0.1) is 0 Å². The van der Waals surface area contributed by atoms with Gasteiger partial charge in [0, 0.05) is 11.1 Å². The summed E-state index contributed by atoms with van der Waals surface area (Å²) in [6, 6.07) is -0.765. The molecule has 0 heterocycles. The fourth-order valence-electron chi connectivity index (χ4n) is 2.84. The number of alkyl halides is 17. The van der Waals surface area contributed by atoms with Crippen molar-refractivity contribution < 1.29 is 84.5 Å². The highest BCUT2D eigenvalue weighted by molar-refractivity contribution is 5.81. The monoisotopic (exact) mass is 596 g/mol. The molecule has 0 saturated heterocycles. The van der Waals surface area contributed by atoms with E-state index in [2.05, 4.69) is 0 Å². The zero-order valence-corrected chi connectivity index (χ0v) is 18.5. The van der Waals surface area contributed by atoms with Gasteiger partial charge in [-0.25, -0.2) is 0 Å². The zero-order valence-electron chi connectivity index (χ0n) is 18.5. The van der Waals surface area contributed by atoms with Crippen molar-refractivity contribution in [3.8, 4) is 5.75 Å². The van der Waals surface area contributed by atoms with E-state index in [1.807, 2.05) is 0 Å². The third kappa shape index (κ3) is 4.32. The van der Waals surface area contributed by atoms with Crippen molar-refractivity contribution in [3.05, 3.63) is 28.8 Å². The van der Waals surface area contributed by atoms with E-state index in [-0.39, 0.29) is 6.07 Å². The second-order valence-electron chi connectivity index (χ2n) is 8.85. The average molecular weight is 596 g/mol. The van der Waals surface area contributed by atoms with Crippen LogP contribution >= 0.6 is 0 Å². The van der Waals surface area contributed by atoms with Crippen molar-refractivity contribution in [2.24, 2.45) is 0 Å². The van der Waals surface area contributed by atoms with Gasteiger partial charge in [-0.3, -0.25) is 4.79 Å². The predicted octanol–water partition coefficient (Wildman–Crippen LogP) is 7.97. The van der Waals surface area contributed by atoms with Gasteiger partial charge in [0.05, 0.1) is 5.56 Å². The molecule has 0 aromatic heterocycles. The van der Waals surface area contributed by atoms with Crippen molar-refractivity contribution in [1.82, 2.24) is 0 Å². The first kappa shape index (κ1) is 33.5. The van der Waals surface area contributed by atoms with Crippen LogP contribution in [0.25, 0.3) is 0 Å². The van der Waals surface area contributed by atoms with Crippen LogP contribution in [0.4, 0.5) is 74.6 Å². The molecule has 1 rings (SSSR count). The van der Waals surface area contributed by atoms with E-state index in [4.69, 9.17) is 0 Å². The molecule has 1 N–H and O–H groups in total. The Morgan fingerprint density at radius 2 is 0.921 bits per heavy atom. The summed E-state index contributed by atoms with van der Waals surface area (Å²) in [7, 11) is 0. The maximum absolute atomic E-state index is 14.6. The minimum atomic E-state index is -8.73. The van der Waals surface area contributed by atoms with Crippen molar-refractivity contribution in [2.45, 2.75) is 73.8 Å². The van der Waals surface area contributed by atoms with Crippen LogP contribution < -0.4 is 0 Å². The Hall–Kier alpha value is -2.50. The van der Waals surface area contributed by atoms with Crippen molar-refractivity contribution in [3.63, 3.8) is 0 Å². The topological polar surface area (TPSA) is 37.3 Å². The number of hydrogen-bond acceptors (Lipinski definition) is 2. The summed E-state index contributed by atoms with van der Waals surface area (Å²) in [6.45, 7) is 3.13. The van der Waals surface area contributed by atoms with E-state index in [0.29, 0.717) is 0 Å². The molecule has 0 aliphatic heterocycles. The molecule has 0 bridgehead atoms. The van der Waals surface area contributed by atoms with Crippen LogP contribution in [0.15, 0.2) is 12.1 Å². The highest BCUT2D eigenvalue weighted by Gasteiger charge is 2.95. The maximum Gasteiger partial charge on any atom is 0.460 e. The highest BCUT2D eigenvalue weighted by atomic mass is 19.4. The minimum absolute atomic E-state index is 0.269. The van der Waals surface area contributed by atoms with Crippen molar-refractivity contribution in [2.75, 3.05) is 0 Å². The highest BCUT2D eigenvalue weighted by Crippen LogP contribution is 2.65. The van der Waals surface area contributed by atoms with Gasteiger partial charge in [-0.15, -0.1) is 0 Å². The fraction of sp³-hybridized carbons (Fsp3) is 0.632. The third-order valence-electron chi connectivity index (χ3n) is 5.16. The quantitative estimate of drug-likeness (QED) is 0.244. The SMILES string of the molecule is CC(C)(C)c1cc(C(F)(F)C(F)(F)C(F)(F)C(F)(F)C(F)(F)C(F)(F)C(F)(F)C(F)(F)F)cc(C=O)c1O. The first-order chi connectivity index (χ1) is 16.3. The molecular formula is C19H13F17O2. The van der Waals surface area contributed by atoms with E-state index in [9.17, 15) is 84.5 Å². The molecule has 19 heteroatoms. The normalized spacial score (nSPS) is 15.6. The van der Waals surface area contributed by atoms with Gasteiger partial charge in [0.2, 0.25) is 0 Å². The van der Waals surface area contributed by atoms with Crippen molar-refractivity contribution in [1.29, 1.82) is 0 Å². The Bertz CT molecular complexity index is 1060. The molecule has 1 aromatic rings. The summed E-state index contributed by atoms with van der Waals surface area (Å²) in [5.41, 5.74) is -6.43. The van der Waals surface area contributed by atoms with Gasteiger partial charge in [0.25, 0.3) is 0 Å². The van der Waals surface area contributed by atoms with Gasteiger partial charge in [-0.05, 0) is 17.5 Å².